The Labute approximate surface area is 155 Å². The number of nitrogens with zero attached hydrogens (tertiary/aromatic N) is 1. The summed E-state index contributed by atoms with van der Waals surface area (Å²) in [5.74, 6) is -1.79. The van der Waals surface area contributed by atoms with Crippen molar-refractivity contribution in [2.75, 3.05) is 12.1 Å². The summed E-state index contributed by atoms with van der Waals surface area (Å²) < 4.78 is 38.1. The lowest BCUT2D eigenvalue weighted by Gasteiger charge is -2.28. The van der Waals surface area contributed by atoms with E-state index in [0.717, 1.165) is 17.1 Å². The molecular weight excluding hydrogens is 342 g/mol. The van der Waals surface area contributed by atoms with Crippen molar-refractivity contribution in [1.29, 1.82) is 0 Å². The number of allylic oxidation sites excluding steroid dienone is 1. The molecule has 0 fully saturated rings. The van der Waals surface area contributed by atoms with Gasteiger partial charge in [0, 0.05) is 17.8 Å². The van der Waals surface area contributed by atoms with E-state index in [1.807, 2.05) is 27.7 Å². The van der Waals surface area contributed by atoms with Gasteiger partial charge in [-0.3, -0.25) is 5.01 Å². The molecule has 1 aromatic carbocycles. The largest absolute Gasteiger partial charge is 0.497 e. The number of methoxy groups -OCH3 is 1. The quantitative estimate of drug-likeness (QED) is 0.676. The third-order valence-corrected chi connectivity index (χ3v) is 2.43. The number of carbonyl (C=O) groups is 1. The summed E-state index contributed by atoms with van der Waals surface area (Å²) in [6, 6.07) is 2.01. The molecule has 150 valence electrons. The van der Waals surface area contributed by atoms with Crippen LogP contribution >= 0.6 is 0 Å². The highest BCUT2D eigenvalue weighted by Gasteiger charge is 2.24. The van der Waals surface area contributed by atoms with Crippen molar-refractivity contribution in [2.24, 2.45) is 0 Å². The molecule has 0 aliphatic heterocycles. The molecule has 7 heteroatoms. The third kappa shape index (κ3) is 8.69. The first kappa shape index (κ1) is 25.9. The molecule has 0 aromatic heterocycles. The number of carbonyl (C=O) groups excluding carboxylic acids is 1. The fourth-order valence-corrected chi connectivity index (χ4v) is 1.61. The molecule has 1 rings (SSSR count). The van der Waals surface area contributed by atoms with Gasteiger partial charge in [-0.05, 0) is 27.7 Å². The summed E-state index contributed by atoms with van der Waals surface area (Å²) in [5, 5.41) is 0.887. The second kappa shape index (κ2) is 12.1. The average molecular weight is 374 g/mol. The molecular formula is C19H32F2N2O3. The maximum atomic E-state index is 14.1. The van der Waals surface area contributed by atoms with Crippen LogP contribution < -0.4 is 15.2 Å². The van der Waals surface area contributed by atoms with Gasteiger partial charge in [0.25, 0.3) is 0 Å². The molecule has 0 spiro atoms. The van der Waals surface area contributed by atoms with Crippen molar-refractivity contribution in [1.82, 2.24) is 5.43 Å². The van der Waals surface area contributed by atoms with Crippen LogP contribution in [0.5, 0.6) is 5.75 Å². The van der Waals surface area contributed by atoms with Gasteiger partial charge in [-0.25, -0.2) is 19.0 Å². The van der Waals surface area contributed by atoms with E-state index >= 15 is 0 Å². The van der Waals surface area contributed by atoms with Crippen LogP contribution in [0.25, 0.3) is 0 Å². The molecule has 0 atom stereocenters. The molecule has 26 heavy (non-hydrogen) atoms. The fourth-order valence-electron chi connectivity index (χ4n) is 1.61. The van der Waals surface area contributed by atoms with Gasteiger partial charge in [0.1, 0.15) is 17.0 Å². The molecule has 0 saturated heterocycles. The third-order valence-electron chi connectivity index (χ3n) is 2.43. The van der Waals surface area contributed by atoms with Gasteiger partial charge >= 0.3 is 6.09 Å². The number of hydrazine groups is 1. The fraction of sp³-hybridized carbons (Fsp3) is 0.526. The highest BCUT2D eigenvalue weighted by atomic mass is 19.1. The van der Waals surface area contributed by atoms with Gasteiger partial charge in [0.05, 0.1) is 7.11 Å². The van der Waals surface area contributed by atoms with E-state index in [2.05, 4.69) is 12.0 Å². The van der Waals surface area contributed by atoms with Crippen molar-refractivity contribution in [3.63, 3.8) is 0 Å². The van der Waals surface area contributed by atoms with Crippen LogP contribution in [0.15, 0.2) is 24.4 Å². The number of hydrogen-bond donors (Lipinski definition) is 1. The molecule has 0 unspecified atom stereocenters. The van der Waals surface area contributed by atoms with Crippen molar-refractivity contribution in [3.05, 3.63) is 36.0 Å². The molecule has 1 N–H and O–H groups in total. The number of nitrogens with one attached hydrogen (secondary N) is 1. The molecule has 5 nitrogen and oxygen atoms in total. The van der Waals surface area contributed by atoms with Crippen molar-refractivity contribution >= 4 is 11.8 Å². The summed E-state index contributed by atoms with van der Waals surface area (Å²) in [7, 11) is 1.29. The maximum Gasteiger partial charge on any atom is 0.426 e. The van der Waals surface area contributed by atoms with Crippen LogP contribution in [0, 0.1) is 11.6 Å². The SMILES string of the molecule is C=C(C)N(NC(=O)OC(C)(C)C)c1c(F)cc(OC)cc1F.CC.CC. The lowest BCUT2D eigenvalue weighted by Crippen LogP contribution is -2.44. The predicted octanol–water partition coefficient (Wildman–Crippen LogP) is 5.81. The van der Waals surface area contributed by atoms with Crippen LogP contribution in [0.4, 0.5) is 19.3 Å². The lowest BCUT2D eigenvalue weighted by atomic mass is 10.2. The molecule has 0 aliphatic carbocycles. The van der Waals surface area contributed by atoms with E-state index in [1.54, 1.807) is 20.8 Å². The first-order valence-electron chi connectivity index (χ1n) is 8.53. The number of amides is 1. The minimum absolute atomic E-state index is 0.0256. The number of anilines is 1. The van der Waals surface area contributed by atoms with Gasteiger partial charge in [-0.15, -0.1) is 0 Å². The number of halogens is 2. The van der Waals surface area contributed by atoms with Gasteiger partial charge in [-0.1, -0.05) is 34.3 Å². The van der Waals surface area contributed by atoms with Gasteiger partial charge in [-0.2, -0.15) is 0 Å². The second-order valence-electron chi connectivity index (χ2n) is 5.62. The molecule has 0 aliphatic rings. The summed E-state index contributed by atoms with van der Waals surface area (Å²) in [4.78, 5) is 11.8. The van der Waals surface area contributed by atoms with E-state index in [0.29, 0.717) is 0 Å². The Bertz CT molecular complexity index is 562. The molecule has 0 bridgehead atoms. The normalized spacial score (nSPS) is 9.65. The number of hydrogen-bond acceptors (Lipinski definition) is 4. The molecule has 1 aromatic rings. The Hall–Kier alpha value is -2.31. The Morgan fingerprint density at radius 2 is 1.54 bits per heavy atom. The Balaban J connectivity index is 0. The van der Waals surface area contributed by atoms with Gasteiger partial charge < -0.3 is 9.47 Å². The Kier molecular flexibility index (Phi) is 12.1. The van der Waals surface area contributed by atoms with Crippen molar-refractivity contribution in [3.8, 4) is 5.75 Å². The van der Waals surface area contributed by atoms with Crippen LogP contribution in [0.1, 0.15) is 55.4 Å². The average Bonchev–Trinajstić information content (AvgIpc) is 2.55. The van der Waals surface area contributed by atoms with E-state index < -0.39 is 29.0 Å². The Morgan fingerprint density at radius 3 is 1.85 bits per heavy atom. The summed E-state index contributed by atoms with van der Waals surface area (Å²) in [6.45, 7) is 18.1. The summed E-state index contributed by atoms with van der Waals surface area (Å²) in [5.41, 5.74) is 1.24. The zero-order valence-electron chi connectivity index (χ0n) is 17.3. The molecule has 1 amide bonds. The first-order valence-corrected chi connectivity index (χ1v) is 8.53. The van der Waals surface area contributed by atoms with E-state index in [1.165, 1.54) is 14.0 Å². The number of ether oxygens (including phenoxy) is 2. The van der Waals surface area contributed by atoms with Gasteiger partial charge in [0.2, 0.25) is 0 Å². The van der Waals surface area contributed by atoms with Gasteiger partial charge in [0.15, 0.2) is 11.6 Å². The Morgan fingerprint density at radius 1 is 1.12 bits per heavy atom. The smallest absolute Gasteiger partial charge is 0.426 e. The molecule has 0 heterocycles. The lowest BCUT2D eigenvalue weighted by molar-refractivity contribution is 0.0525. The highest BCUT2D eigenvalue weighted by molar-refractivity contribution is 5.72. The summed E-state index contributed by atoms with van der Waals surface area (Å²) in [6.07, 6.45) is -0.856. The summed E-state index contributed by atoms with van der Waals surface area (Å²) >= 11 is 0. The van der Waals surface area contributed by atoms with Crippen LogP contribution in [-0.2, 0) is 4.74 Å². The van der Waals surface area contributed by atoms with Crippen LogP contribution in [-0.4, -0.2) is 18.8 Å². The minimum atomic E-state index is -0.907. The minimum Gasteiger partial charge on any atom is -0.497 e. The number of benzene rings is 1. The second-order valence-corrected chi connectivity index (χ2v) is 5.62. The van der Waals surface area contributed by atoms with E-state index in [9.17, 15) is 13.6 Å². The van der Waals surface area contributed by atoms with Crippen LogP contribution in [0.2, 0.25) is 0 Å². The standard InChI is InChI=1S/C15H20F2N2O3.2C2H6/c1-9(2)19(18-14(20)22-15(3,4)5)13-11(16)7-10(21-6)8-12(13)17;2*1-2/h7-8H,1H2,2-6H3,(H,18,20);2*1-2H3. The zero-order valence-corrected chi connectivity index (χ0v) is 17.3. The topological polar surface area (TPSA) is 50.8 Å². The van der Waals surface area contributed by atoms with Crippen molar-refractivity contribution < 1.29 is 23.0 Å². The first-order chi connectivity index (χ1) is 12.0. The predicted molar refractivity (Wildman–Crippen MR) is 102 cm³/mol. The zero-order chi connectivity index (χ0) is 21.1. The highest BCUT2D eigenvalue weighted by Crippen LogP contribution is 2.29. The monoisotopic (exact) mass is 374 g/mol. The van der Waals surface area contributed by atoms with E-state index in [4.69, 9.17) is 9.47 Å². The van der Waals surface area contributed by atoms with Crippen LogP contribution in [0.3, 0.4) is 0 Å². The molecule has 0 radical (unpaired) electrons. The van der Waals surface area contributed by atoms with E-state index in [-0.39, 0.29) is 11.4 Å². The van der Waals surface area contributed by atoms with Crippen molar-refractivity contribution in [2.45, 2.75) is 61.0 Å². The maximum absolute atomic E-state index is 14.1. The number of rotatable bonds is 4. The molecule has 0 saturated carbocycles.